The van der Waals surface area contributed by atoms with Gasteiger partial charge in [-0.15, -0.1) is 0 Å². The van der Waals surface area contributed by atoms with Crippen molar-refractivity contribution in [3.63, 3.8) is 0 Å². The van der Waals surface area contributed by atoms with Crippen LogP contribution in [0.25, 0.3) is 10.4 Å². The Bertz CT molecular complexity index is 420. The summed E-state index contributed by atoms with van der Waals surface area (Å²) in [5, 5.41) is 11.7. The van der Waals surface area contributed by atoms with Gasteiger partial charge in [0.05, 0.1) is 0 Å². The highest BCUT2D eigenvalue weighted by molar-refractivity contribution is 5.75. The molecule has 0 aromatic carbocycles. The van der Waals surface area contributed by atoms with Crippen molar-refractivity contribution < 1.29 is 19.4 Å². The molecular formula is C15H28N4O4. The van der Waals surface area contributed by atoms with E-state index in [1.165, 1.54) is 32.1 Å². The average Bonchev–Trinajstić information content (AvgIpc) is 2.42. The zero-order valence-electron chi connectivity index (χ0n) is 14.2. The molecule has 8 nitrogen and oxygen atoms in total. The number of carboxylic acids is 1. The molecule has 1 aliphatic carbocycles. The third kappa shape index (κ3) is 12.4. The highest BCUT2D eigenvalue weighted by atomic mass is 16.6. The van der Waals surface area contributed by atoms with Crippen LogP contribution in [0.5, 0.6) is 0 Å². The number of carbonyl (C=O) groups is 2. The van der Waals surface area contributed by atoms with Crippen LogP contribution in [0.1, 0.15) is 65.7 Å². The van der Waals surface area contributed by atoms with Gasteiger partial charge in [-0.05, 0) is 45.6 Å². The molecule has 1 saturated carbocycles. The van der Waals surface area contributed by atoms with E-state index in [0.29, 0.717) is 6.04 Å². The minimum absolute atomic E-state index is 0.0612. The van der Waals surface area contributed by atoms with E-state index in [9.17, 15) is 9.59 Å². The quantitative estimate of drug-likeness (QED) is 0.345. The summed E-state index contributed by atoms with van der Waals surface area (Å²) in [6, 6.07) is -0.689. The lowest BCUT2D eigenvalue weighted by Gasteiger charge is -2.19. The van der Waals surface area contributed by atoms with Gasteiger partial charge in [0.15, 0.2) is 0 Å². The van der Waals surface area contributed by atoms with Crippen molar-refractivity contribution in [3.8, 4) is 0 Å². The van der Waals surface area contributed by atoms with Gasteiger partial charge in [-0.1, -0.05) is 24.4 Å². The molecule has 0 aromatic rings. The van der Waals surface area contributed by atoms with Gasteiger partial charge in [-0.2, -0.15) is 0 Å². The van der Waals surface area contributed by atoms with Crippen molar-refractivity contribution in [2.75, 3.05) is 0 Å². The zero-order chi connectivity index (χ0) is 17.9. The Morgan fingerprint density at radius 1 is 1.35 bits per heavy atom. The Balaban J connectivity index is 0.000000568. The minimum Gasteiger partial charge on any atom is -0.481 e. The second-order valence-electron chi connectivity index (χ2n) is 6.58. The lowest BCUT2D eigenvalue weighted by Crippen LogP contribution is -2.25. The second kappa shape index (κ2) is 10.9. The molecule has 8 heteroatoms. The molecule has 0 aromatic heterocycles. The zero-order valence-corrected chi connectivity index (χ0v) is 14.2. The van der Waals surface area contributed by atoms with Crippen LogP contribution in [-0.4, -0.2) is 34.7 Å². The first-order valence-electron chi connectivity index (χ1n) is 7.90. The molecule has 1 atom stereocenters. The first kappa shape index (κ1) is 21.2. The highest BCUT2D eigenvalue weighted by Gasteiger charge is 2.20. The van der Waals surface area contributed by atoms with Crippen molar-refractivity contribution in [1.29, 1.82) is 0 Å². The predicted molar refractivity (Wildman–Crippen MR) is 86.7 cm³/mol. The summed E-state index contributed by atoms with van der Waals surface area (Å²) in [6.07, 6.45) is 6.51. The molecule has 0 unspecified atom stereocenters. The van der Waals surface area contributed by atoms with E-state index in [4.69, 9.17) is 21.1 Å². The number of nitrogens with two attached hydrogens (primary N) is 1. The Hall–Kier alpha value is -1.79. The fourth-order valence-corrected chi connectivity index (χ4v) is 2.07. The summed E-state index contributed by atoms with van der Waals surface area (Å²) < 4.78 is 4.98. The van der Waals surface area contributed by atoms with E-state index in [0.717, 1.165) is 0 Å². The van der Waals surface area contributed by atoms with Gasteiger partial charge in [0, 0.05) is 17.4 Å². The van der Waals surface area contributed by atoms with Gasteiger partial charge >= 0.3 is 11.9 Å². The summed E-state index contributed by atoms with van der Waals surface area (Å²) in [4.78, 5) is 24.2. The molecule has 0 radical (unpaired) electrons. The van der Waals surface area contributed by atoms with Crippen LogP contribution in [0.15, 0.2) is 5.11 Å². The fraction of sp³-hybridized carbons (Fsp3) is 0.867. The van der Waals surface area contributed by atoms with Gasteiger partial charge in [0.25, 0.3) is 0 Å². The smallest absolute Gasteiger partial charge is 0.312 e. The molecule has 1 fully saturated rings. The largest absolute Gasteiger partial charge is 0.481 e. The number of nitrogens with zero attached hydrogens (tertiary/aromatic N) is 3. The standard InChI is InChI=1S/C9H15N3O4.C6H13N/c1-9(2,3)16-7(13)5-4-6(8(14)15)11-12-10;7-6-4-2-1-3-5-6/h6H,4-5H2,1-3H3,(H,14,15);6H,1-5,7H2/t6-;/m1./s1. The molecule has 1 rings (SSSR count). The topological polar surface area (TPSA) is 138 Å². The molecule has 0 saturated heterocycles. The van der Waals surface area contributed by atoms with Crippen molar-refractivity contribution >= 4 is 11.9 Å². The molecule has 0 bridgehead atoms. The number of ether oxygens (including phenoxy) is 1. The molecule has 0 spiro atoms. The number of carbonyl (C=O) groups excluding carboxylic acids is 1. The number of aliphatic carboxylic acids is 1. The van der Waals surface area contributed by atoms with Crippen LogP contribution in [0.3, 0.4) is 0 Å². The number of azide groups is 1. The Morgan fingerprint density at radius 3 is 2.26 bits per heavy atom. The van der Waals surface area contributed by atoms with E-state index in [2.05, 4.69) is 10.0 Å². The molecule has 23 heavy (non-hydrogen) atoms. The molecule has 0 heterocycles. The van der Waals surface area contributed by atoms with E-state index in [1.54, 1.807) is 20.8 Å². The maximum absolute atomic E-state index is 11.2. The normalized spacial score (nSPS) is 16.3. The van der Waals surface area contributed by atoms with Crippen LogP contribution in [0, 0.1) is 0 Å². The second-order valence-corrected chi connectivity index (χ2v) is 6.58. The minimum atomic E-state index is -1.25. The van der Waals surface area contributed by atoms with Crippen LogP contribution in [0.2, 0.25) is 0 Å². The molecule has 1 aliphatic rings. The third-order valence-electron chi connectivity index (χ3n) is 3.17. The maximum atomic E-state index is 11.2. The summed E-state index contributed by atoms with van der Waals surface area (Å²) in [5.74, 6) is -1.76. The molecule has 132 valence electrons. The van der Waals surface area contributed by atoms with Crippen LogP contribution in [-0.2, 0) is 14.3 Å². The molecular weight excluding hydrogens is 300 g/mol. The number of hydrogen-bond donors (Lipinski definition) is 2. The highest BCUT2D eigenvalue weighted by Crippen LogP contribution is 2.14. The first-order chi connectivity index (χ1) is 10.7. The van der Waals surface area contributed by atoms with Crippen LogP contribution in [0.4, 0.5) is 0 Å². The molecule has 0 amide bonds. The van der Waals surface area contributed by atoms with Gasteiger partial charge in [-0.3, -0.25) is 9.59 Å². The van der Waals surface area contributed by atoms with Gasteiger partial charge in [0.2, 0.25) is 0 Å². The monoisotopic (exact) mass is 328 g/mol. The third-order valence-corrected chi connectivity index (χ3v) is 3.17. The van der Waals surface area contributed by atoms with Crippen LogP contribution < -0.4 is 5.73 Å². The molecule has 0 aliphatic heterocycles. The number of esters is 1. The SMILES string of the molecule is CC(C)(C)OC(=O)CC[C@@H](N=[N+]=[N-])C(=O)O.NC1CCCCC1. The Kier molecular flexibility index (Phi) is 10.0. The Labute approximate surface area is 137 Å². The summed E-state index contributed by atoms with van der Waals surface area (Å²) in [6.45, 7) is 5.15. The van der Waals surface area contributed by atoms with Gasteiger partial charge in [-0.25, -0.2) is 0 Å². The lowest BCUT2D eigenvalue weighted by molar-refractivity contribution is -0.155. The fourth-order valence-electron chi connectivity index (χ4n) is 2.07. The van der Waals surface area contributed by atoms with E-state index in [1.807, 2.05) is 0 Å². The van der Waals surface area contributed by atoms with E-state index in [-0.39, 0.29) is 12.8 Å². The van der Waals surface area contributed by atoms with Gasteiger partial charge < -0.3 is 15.6 Å². The summed E-state index contributed by atoms with van der Waals surface area (Å²) in [7, 11) is 0. The Morgan fingerprint density at radius 2 is 1.91 bits per heavy atom. The lowest BCUT2D eigenvalue weighted by atomic mass is 9.97. The van der Waals surface area contributed by atoms with Crippen molar-refractivity contribution in [1.82, 2.24) is 0 Å². The maximum Gasteiger partial charge on any atom is 0.312 e. The average molecular weight is 328 g/mol. The van der Waals surface area contributed by atoms with E-state index < -0.39 is 23.6 Å². The number of carboxylic acid groups (broad SMARTS) is 1. The van der Waals surface area contributed by atoms with Crippen molar-refractivity contribution in [3.05, 3.63) is 10.4 Å². The first-order valence-corrected chi connectivity index (χ1v) is 7.90. The summed E-state index contributed by atoms with van der Waals surface area (Å²) >= 11 is 0. The number of hydrogen-bond acceptors (Lipinski definition) is 5. The summed E-state index contributed by atoms with van der Waals surface area (Å²) in [5.41, 5.74) is 13.1. The van der Waals surface area contributed by atoms with Crippen LogP contribution >= 0.6 is 0 Å². The number of rotatable bonds is 5. The van der Waals surface area contributed by atoms with Gasteiger partial charge in [0.1, 0.15) is 11.6 Å². The van der Waals surface area contributed by atoms with Crippen molar-refractivity contribution in [2.24, 2.45) is 10.8 Å². The van der Waals surface area contributed by atoms with Crippen molar-refractivity contribution in [2.45, 2.75) is 83.4 Å². The molecule has 3 N–H and O–H groups in total. The van der Waals surface area contributed by atoms with E-state index >= 15 is 0 Å². The predicted octanol–water partition coefficient (Wildman–Crippen LogP) is 3.15.